The van der Waals surface area contributed by atoms with E-state index in [0.717, 1.165) is 33.8 Å². The summed E-state index contributed by atoms with van der Waals surface area (Å²) in [6, 6.07) is 6.18. The fraction of sp³-hybridized carbons (Fsp3) is 0.333. The molecule has 1 amide bonds. The van der Waals surface area contributed by atoms with Gasteiger partial charge in [-0.25, -0.2) is 9.97 Å². The lowest BCUT2D eigenvalue weighted by Crippen LogP contribution is -2.20. The van der Waals surface area contributed by atoms with Crippen molar-refractivity contribution in [3.63, 3.8) is 0 Å². The zero-order valence-corrected chi connectivity index (χ0v) is 20.4. The molecule has 0 atom stereocenters. The molecule has 1 fully saturated rings. The smallest absolute Gasteiger partial charge is 0.284 e. The van der Waals surface area contributed by atoms with Crippen LogP contribution >= 0.6 is 23.1 Å². The average Bonchev–Trinajstić information content (AvgIpc) is 3.28. The van der Waals surface area contributed by atoms with Crippen LogP contribution in [0.2, 0.25) is 0 Å². The SMILES string of the molecule is Cc1sc2ncnc(SCC(=O)Nc3cccc(S(=O)(=O)N=C4CCCN4C)c3)c2c1C. The maximum absolute atomic E-state index is 12.7. The summed E-state index contributed by atoms with van der Waals surface area (Å²) in [5.74, 6) is 0.457. The number of anilines is 1. The first-order chi connectivity index (χ1) is 15.2. The van der Waals surface area contributed by atoms with Gasteiger partial charge >= 0.3 is 0 Å². The number of aryl methyl sites for hydroxylation is 2. The van der Waals surface area contributed by atoms with Crippen LogP contribution in [0.3, 0.4) is 0 Å². The van der Waals surface area contributed by atoms with Crippen LogP contribution in [0.1, 0.15) is 23.3 Å². The van der Waals surface area contributed by atoms with Gasteiger partial charge in [0, 0.05) is 36.0 Å². The third-order valence-electron chi connectivity index (χ3n) is 5.25. The summed E-state index contributed by atoms with van der Waals surface area (Å²) < 4.78 is 29.4. The van der Waals surface area contributed by atoms with Crippen LogP contribution in [-0.2, 0) is 14.8 Å². The van der Waals surface area contributed by atoms with Crippen molar-refractivity contribution < 1.29 is 13.2 Å². The number of thioether (sulfide) groups is 1. The zero-order valence-electron chi connectivity index (χ0n) is 18.0. The van der Waals surface area contributed by atoms with E-state index in [4.69, 9.17) is 0 Å². The summed E-state index contributed by atoms with van der Waals surface area (Å²) in [5.41, 5.74) is 1.54. The maximum atomic E-state index is 12.7. The molecule has 3 heterocycles. The highest BCUT2D eigenvalue weighted by Gasteiger charge is 2.21. The molecule has 0 saturated carbocycles. The van der Waals surface area contributed by atoms with Crippen LogP contribution in [0, 0.1) is 13.8 Å². The van der Waals surface area contributed by atoms with E-state index in [-0.39, 0.29) is 16.6 Å². The van der Waals surface area contributed by atoms with E-state index in [1.165, 1.54) is 35.1 Å². The minimum atomic E-state index is -3.84. The molecule has 3 aromatic rings. The molecule has 168 valence electrons. The number of nitrogens with one attached hydrogen (secondary N) is 1. The molecular formula is C21H23N5O3S3. The fourth-order valence-electron chi connectivity index (χ4n) is 3.43. The summed E-state index contributed by atoms with van der Waals surface area (Å²) in [6.45, 7) is 4.87. The summed E-state index contributed by atoms with van der Waals surface area (Å²) in [6.07, 6.45) is 3.04. The minimum absolute atomic E-state index is 0.0534. The lowest BCUT2D eigenvalue weighted by atomic mass is 10.2. The number of carbonyl (C=O) groups excluding carboxylic acids is 1. The van der Waals surface area contributed by atoms with Crippen LogP contribution in [0.25, 0.3) is 10.2 Å². The predicted octanol–water partition coefficient (Wildman–Crippen LogP) is 3.85. The number of thiophene rings is 1. The maximum Gasteiger partial charge on any atom is 0.284 e. The van der Waals surface area contributed by atoms with E-state index in [1.54, 1.807) is 23.5 Å². The lowest BCUT2D eigenvalue weighted by molar-refractivity contribution is -0.113. The number of likely N-dealkylation sites (tertiary alicyclic amines) is 1. The molecule has 1 aliphatic rings. The van der Waals surface area contributed by atoms with Gasteiger partial charge in [-0.05, 0) is 44.0 Å². The number of carbonyl (C=O) groups is 1. The molecular weight excluding hydrogens is 466 g/mol. The molecule has 1 aromatic carbocycles. The molecule has 32 heavy (non-hydrogen) atoms. The molecule has 2 aromatic heterocycles. The van der Waals surface area contributed by atoms with Crippen LogP contribution in [0.4, 0.5) is 5.69 Å². The quantitative estimate of drug-likeness (QED) is 0.414. The first-order valence-corrected chi connectivity index (χ1v) is 13.3. The van der Waals surface area contributed by atoms with Gasteiger partial charge in [-0.3, -0.25) is 4.79 Å². The van der Waals surface area contributed by atoms with Crippen molar-refractivity contribution in [2.24, 2.45) is 4.40 Å². The second-order valence-electron chi connectivity index (χ2n) is 7.51. The Kier molecular flexibility index (Phi) is 6.50. The Hall–Kier alpha value is -2.50. The summed E-state index contributed by atoms with van der Waals surface area (Å²) in [4.78, 5) is 25.2. The normalized spacial score (nSPS) is 15.6. The molecule has 0 unspecified atom stereocenters. The number of sulfonamides is 1. The van der Waals surface area contributed by atoms with Gasteiger partial charge in [0.1, 0.15) is 22.0 Å². The first kappa shape index (κ1) is 22.7. The van der Waals surface area contributed by atoms with E-state index in [9.17, 15) is 13.2 Å². The third-order valence-corrected chi connectivity index (χ3v) is 8.65. The largest absolute Gasteiger partial charge is 0.362 e. The summed E-state index contributed by atoms with van der Waals surface area (Å²) in [7, 11) is -2.01. The second kappa shape index (κ2) is 9.16. The summed E-state index contributed by atoms with van der Waals surface area (Å²) in [5, 5.41) is 4.52. The number of amidine groups is 1. The molecule has 1 aliphatic heterocycles. The molecule has 0 bridgehead atoms. The third kappa shape index (κ3) is 4.79. The van der Waals surface area contributed by atoms with Crippen molar-refractivity contribution in [1.29, 1.82) is 0 Å². The van der Waals surface area contributed by atoms with Gasteiger partial charge in [-0.2, -0.15) is 8.42 Å². The highest BCUT2D eigenvalue weighted by atomic mass is 32.2. The standard InChI is InChI=1S/C21H23N5O3S3/c1-13-14(2)31-21-19(13)20(22-12-23-21)30-11-18(27)24-15-6-4-7-16(10-15)32(28,29)25-17-8-5-9-26(17)3/h4,6-7,10,12H,5,8-9,11H2,1-3H3,(H,24,27). The zero-order chi connectivity index (χ0) is 22.9. The number of hydrogen-bond donors (Lipinski definition) is 1. The Bertz CT molecular complexity index is 1320. The monoisotopic (exact) mass is 489 g/mol. The molecule has 11 heteroatoms. The molecule has 0 radical (unpaired) electrons. The van der Waals surface area contributed by atoms with Gasteiger partial charge < -0.3 is 10.2 Å². The highest BCUT2D eigenvalue weighted by molar-refractivity contribution is 8.00. The van der Waals surface area contributed by atoms with Gasteiger partial charge in [0.2, 0.25) is 5.91 Å². The van der Waals surface area contributed by atoms with E-state index in [1.807, 2.05) is 25.8 Å². The Morgan fingerprint density at radius 2 is 2.12 bits per heavy atom. The first-order valence-electron chi connectivity index (χ1n) is 10.0. The van der Waals surface area contributed by atoms with Crippen LogP contribution in [0.5, 0.6) is 0 Å². The van der Waals surface area contributed by atoms with Crippen molar-refractivity contribution in [3.05, 3.63) is 41.0 Å². The average molecular weight is 490 g/mol. The number of amides is 1. The van der Waals surface area contributed by atoms with Gasteiger partial charge in [-0.15, -0.1) is 15.7 Å². The Balaban J connectivity index is 1.46. The van der Waals surface area contributed by atoms with Crippen molar-refractivity contribution in [2.45, 2.75) is 36.6 Å². The number of benzene rings is 1. The predicted molar refractivity (Wildman–Crippen MR) is 129 cm³/mol. The van der Waals surface area contributed by atoms with Crippen LogP contribution in [0.15, 0.2) is 44.9 Å². The molecule has 1 N–H and O–H groups in total. The van der Waals surface area contributed by atoms with E-state index < -0.39 is 10.0 Å². The Labute approximate surface area is 195 Å². The van der Waals surface area contributed by atoms with Crippen molar-refractivity contribution >= 4 is 60.8 Å². The van der Waals surface area contributed by atoms with Crippen LogP contribution in [-0.4, -0.2) is 54.4 Å². The molecule has 1 saturated heterocycles. The number of fused-ring (bicyclic) bond motifs is 1. The van der Waals surface area contributed by atoms with E-state index in [0.29, 0.717) is 17.9 Å². The van der Waals surface area contributed by atoms with Crippen LogP contribution < -0.4 is 5.32 Å². The second-order valence-corrected chi connectivity index (χ2v) is 11.3. The Morgan fingerprint density at radius 3 is 2.88 bits per heavy atom. The molecule has 0 spiro atoms. The highest BCUT2D eigenvalue weighted by Crippen LogP contribution is 2.34. The van der Waals surface area contributed by atoms with Crippen molar-refractivity contribution in [2.75, 3.05) is 24.7 Å². The minimum Gasteiger partial charge on any atom is -0.362 e. The van der Waals surface area contributed by atoms with Gasteiger partial charge in [0.05, 0.1) is 10.6 Å². The van der Waals surface area contributed by atoms with Gasteiger partial charge in [0.15, 0.2) is 0 Å². The van der Waals surface area contributed by atoms with E-state index in [2.05, 4.69) is 19.7 Å². The molecule has 0 aliphatic carbocycles. The molecule has 4 rings (SSSR count). The van der Waals surface area contributed by atoms with Crippen molar-refractivity contribution in [3.8, 4) is 0 Å². The van der Waals surface area contributed by atoms with Gasteiger partial charge in [-0.1, -0.05) is 17.8 Å². The number of rotatable bonds is 6. The number of hydrogen-bond acceptors (Lipinski definition) is 7. The lowest BCUT2D eigenvalue weighted by Gasteiger charge is -2.11. The Morgan fingerprint density at radius 1 is 1.31 bits per heavy atom. The topological polar surface area (TPSA) is 105 Å². The number of nitrogens with zero attached hydrogens (tertiary/aromatic N) is 4. The van der Waals surface area contributed by atoms with E-state index >= 15 is 0 Å². The molecule has 8 nitrogen and oxygen atoms in total. The van der Waals surface area contributed by atoms with Gasteiger partial charge in [0.25, 0.3) is 10.0 Å². The summed E-state index contributed by atoms with van der Waals surface area (Å²) >= 11 is 2.94. The number of aromatic nitrogens is 2. The fourth-order valence-corrected chi connectivity index (χ4v) is 6.48. The van der Waals surface area contributed by atoms with Crippen molar-refractivity contribution in [1.82, 2.24) is 14.9 Å².